The predicted octanol–water partition coefficient (Wildman–Crippen LogP) is 4.33. The van der Waals surface area contributed by atoms with Gasteiger partial charge >= 0.3 is 5.69 Å². The van der Waals surface area contributed by atoms with E-state index in [0.29, 0.717) is 13.1 Å². The molecule has 0 spiro atoms. The number of benzene rings is 3. The minimum Gasteiger partial charge on any atom is -0.342 e. The number of aromatic amines is 1. The number of aromatic nitrogens is 2. The summed E-state index contributed by atoms with van der Waals surface area (Å²) >= 11 is 0. The van der Waals surface area contributed by atoms with Gasteiger partial charge in [0, 0.05) is 19.1 Å². The van der Waals surface area contributed by atoms with Crippen LogP contribution in [-0.4, -0.2) is 33.4 Å². The van der Waals surface area contributed by atoms with E-state index in [9.17, 15) is 9.59 Å². The molecule has 1 aromatic heterocycles. The van der Waals surface area contributed by atoms with Gasteiger partial charge in [-0.3, -0.25) is 9.36 Å². The van der Waals surface area contributed by atoms with Crippen LogP contribution in [0.25, 0.3) is 11.0 Å². The smallest absolute Gasteiger partial charge is 0.326 e. The van der Waals surface area contributed by atoms with Crippen molar-refractivity contribution in [3.05, 3.63) is 107 Å². The number of likely N-dealkylation sites (tertiary alicyclic amines) is 1. The minimum absolute atomic E-state index is 0.0718. The number of hydrogen-bond donors (Lipinski definition) is 1. The Balaban J connectivity index is 1.38. The van der Waals surface area contributed by atoms with E-state index in [2.05, 4.69) is 4.98 Å². The van der Waals surface area contributed by atoms with Gasteiger partial charge in [-0.25, -0.2) is 4.79 Å². The van der Waals surface area contributed by atoms with Crippen molar-refractivity contribution in [1.82, 2.24) is 14.5 Å². The van der Waals surface area contributed by atoms with Crippen molar-refractivity contribution in [2.75, 3.05) is 13.1 Å². The van der Waals surface area contributed by atoms with Gasteiger partial charge in [0.05, 0.1) is 17.0 Å². The Hall–Kier alpha value is -3.60. The molecule has 5 nitrogen and oxygen atoms in total. The lowest BCUT2D eigenvalue weighted by Crippen LogP contribution is -2.42. The monoisotopic (exact) mass is 411 g/mol. The first-order valence-electron chi connectivity index (χ1n) is 10.8. The first-order chi connectivity index (χ1) is 15.2. The molecule has 3 aromatic carbocycles. The van der Waals surface area contributed by atoms with Crippen LogP contribution in [0.15, 0.2) is 89.7 Å². The van der Waals surface area contributed by atoms with Crippen LogP contribution in [-0.2, 0) is 4.79 Å². The number of piperidine rings is 1. The normalized spacial score (nSPS) is 14.9. The molecule has 31 heavy (non-hydrogen) atoms. The lowest BCUT2D eigenvalue weighted by molar-refractivity contribution is -0.133. The average Bonchev–Trinajstić information content (AvgIpc) is 3.16. The van der Waals surface area contributed by atoms with E-state index in [1.165, 1.54) is 0 Å². The van der Waals surface area contributed by atoms with Crippen molar-refractivity contribution in [1.29, 1.82) is 0 Å². The zero-order chi connectivity index (χ0) is 21.2. The Morgan fingerprint density at radius 2 is 1.35 bits per heavy atom. The summed E-state index contributed by atoms with van der Waals surface area (Å²) in [5, 5.41) is 0. The molecule has 0 aliphatic carbocycles. The fraction of sp³-hybridized carbons (Fsp3) is 0.231. The summed E-state index contributed by atoms with van der Waals surface area (Å²) in [5.41, 5.74) is 3.74. The molecular weight excluding hydrogens is 386 g/mol. The van der Waals surface area contributed by atoms with Gasteiger partial charge in [-0.05, 0) is 36.1 Å². The maximum absolute atomic E-state index is 13.6. The van der Waals surface area contributed by atoms with Gasteiger partial charge in [-0.15, -0.1) is 0 Å². The second kappa shape index (κ2) is 8.26. The number of nitrogens with one attached hydrogen (secondary N) is 1. The topological polar surface area (TPSA) is 58.1 Å². The summed E-state index contributed by atoms with van der Waals surface area (Å²) in [5.74, 6) is -0.183. The van der Waals surface area contributed by atoms with Crippen molar-refractivity contribution >= 4 is 16.9 Å². The van der Waals surface area contributed by atoms with Gasteiger partial charge in [0.2, 0.25) is 5.91 Å². The van der Waals surface area contributed by atoms with Crippen LogP contribution in [0.4, 0.5) is 0 Å². The summed E-state index contributed by atoms with van der Waals surface area (Å²) < 4.78 is 1.86. The Kier molecular flexibility index (Phi) is 5.16. The molecule has 1 aliphatic rings. The molecule has 1 N–H and O–H groups in total. The van der Waals surface area contributed by atoms with Gasteiger partial charge in [0.15, 0.2) is 0 Å². The maximum Gasteiger partial charge on any atom is 0.326 e. The van der Waals surface area contributed by atoms with Crippen LogP contribution in [0.2, 0.25) is 0 Å². The highest BCUT2D eigenvalue weighted by atomic mass is 16.2. The van der Waals surface area contributed by atoms with Crippen LogP contribution in [0, 0.1) is 0 Å². The van der Waals surface area contributed by atoms with E-state index < -0.39 is 0 Å². The number of carbonyl (C=O) groups is 1. The molecule has 2 heterocycles. The Morgan fingerprint density at radius 3 is 1.97 bits per heavy atom. The molecule has 1 fully saturated rings. The third-order valence-corrected chi connectivity index (χ3v) is 6.28. The highest BCUT2D eigenvalue weighted by Crippen LogP contribution is 2.30. The largest absolute Gasteiger partial charge is 0.342 e. The van der Waals surface area contributed by atoms with Crippen molar-refractivity contribution in [3.63, 3.8) is 0 Å². The highest BCUT2D eigenvalue weighted by molar-refractivity contribution is 5.87. The second-order valence-corrected chi connectivity index (χ2v) is 8.13. The van der Waals surface area contributed by atoms with Crippen molar-refractivity contribution in [3.8, 4) is 0 Å². The van der Waals surface area contributed by atoms with Gasteiger partial charge in [-0.2, -0.15) is 0 Å². The molecule has 0 radical (unpaired) electrons. The number of rotatable bonds is 4. The number of H-pyrrole nitrogens is 1. The number of nitrogens with zero attached hydrogens (tertiary/aromatic N) is 2. The summed E-state index contributed by atoms with van der Waals surface area (Å²) in [6.45, 7) is 1.29. The fourth-order valence-corrected chi connectivity index (χ4v) is 4.73. The Morgan fingerprint density at radius 1 is 0.806 bits per heavy atom. The first kappa shape index (κ1) is 19.4. The van der Waals surface area contributed by atoms with E-state index in [-0.39, 0.29) is 23.6 Å². The molecule has 1 amide bonds. The third kappa shape index (κ3) is 3.67. The molecule has 5 heteroatoms. The van der Waals surface area contributed by atoms with Crippen LogP contribution in [0.3, 0.4) is 0 Å². The van der Waals surface area contributed by atoms with Crippen molar-refractivity contribution in [2.24, 2.45) is 0 Å². The molecule has 1 saturated heterocycles. The maximum atomic E-state index is 13.6. The minimum atomic E-state index is -0.310. The molecule has 0 atom stereocenters. The number of para-hydroxylation sites is 2. The van der Waals surface area contributed by atoms with Crippen molar-refractivity contribution < 1.29 is 4.79 Å². The molecule has 0 unspecified atom stereocenters. The van der Waals surface area contributed by atoms with Gasteiger partial charge in [-0.1, -0.05) is 72.8 Å². The fourth-order valence-electron chi connectivity index (χ4n) is 4.73. The first-order valence-corrected chi connectivity index (χ1v) is 10.8. The molecule has 4 aromatic rings. The van der Waals surface area contributed by atoms with Gasteiger partial charge < -0.3 is 9.88 Å². The van der Waals surface area contributed by atoms with Crippen LogP contribution < -0.4 is 5.69 Å². The summed E-state index contributed by atoms with van der Waals surface area (Å²) in [7, 11) is 0. The highest BCUT2D eigenvalue weighted by Gasteiger charge is 2.31. The number of fused-ring (bicyclic) bond motifs is 1. The molecular formula is C26H25N3O2. The van der Waals surface area contributed by atoms with E-state index in [0.717, 1.165) is 35.0 Å². The Bertz CT molecular complexity index is 1200. The van der Waals surface area contributed by atoms with E-state index in [1.54, 1.807) is 0 Å². The van der Waals surface area contributed by atoms with Crippen LogP contribution in [0.5, 0.6) is 0 Å². The number of hydrogen-bond acceptors (Lipinski definition) is 2. The lowest BCUT2D eigenvalue weighted by Gasteiger charge is -2.35. The average molecular weight is 412 g/mol. The van der Waals surface area contributed by atoms with E-state index in [4.69, 9.17) is 0 Å². The van der Waals surface area contributed by atoms with E-state index >= 15 is 0 Å². The number of carbonyl (C=O) groups excluding carboxylic acids is 1. The molecule has 5 rings (SSSR count). The molecule has 0 bridgehead atoms. The summed E-state index contributed by atoms with van der Waals surface area (Å²) in [4.78, 5) is 31.1. The summed E-state index contributed by atoms with van der Waals surface area (Å²) in [6.07, 6.45) is 1.54. The third-order valence-electron chi connectivity index (χ3n) is 6.28. The quantitative estimate of drug-likeness (QED) is 0.544. The predicted molar refractivity (Wildman–Crippen MR) is 122 cm³/mol. The second-order valence-electron chi connectivity index (χ2n) is 8.13. The number of imidazole rings is 1. The van der Waals surface area contributed by atoms with Gasteiger partial charge in [0.1, 0.15) is 0 Å². The zero-order valence-corrected chi connectivity index (χ0v) is 17.3. The van der Waals surface area contributed by atoms with Crippen molar-refractivity contribution in [2.45, 2.75) is 24.8 Å². The SMILES string of the molecule is O=C(C(c1ccccc1)c1ccccc1)N1CCC(n2c(=O)[nH]c3ccccc32)CC1. The Labute approximate surface area is 180 Å². The molecule has 0 saturated carbocycles. The van der Waals surface area contributed by atoms with Gasteiger partial charge in [0.25, 0.3) is 0 Å². The van der Waals surface area contributed by atoms with E-state index in [1.807, 2.05) is 94.4 Å². The molecule has 1 aliphatic heterocycles. The standard InChI is InChI=1S/C26H25N3O2/c30-25(24(19-9-3-1-4-10-19)20-11-5-2-6-12-20)28-17-15-21(16-18-28)29-23-14-8-7-13-22(23)27-26(29)31/h1-14,21,24H,15-18H2,(H,27,31). The van der Waals surface area contributed by atoms with Crippen LogP contribution >= 0.6 is 0 Å². The molecule has 156 valence electrons. The lowest BCUT2D eigenvalue weighted by atomic mass is 9.89. The zero-order valence-electron chi connectivity index (χ0n) is 17.3. The van der Waals surface area contributed by atoms with Crippen LogP contribution in [0.1, 0.15) is 35.9 Å². The summed E-state index contributed by atoms with van der Waals surface area (Å²) in [6, 6.07) is 27.8. The number of amides is 1.